The Morgan fingerprint density at radius 1 is 0.944 bits per heavy atom. The van der Waals surface area contributed by atoms with Crippen LogP contribution in [0.3, 0.4) is 0 Å². The van der Waals surface area contributed by atoms with Gasteiger partial charge >= 0.3 is 5.97 Å². The number of nitrogens with zero attached hydrogens (tertiary/aromatic N) is 1. The van der Waals surface area contributed by atoms with E-state index in [0.29, 0.717) is 17.9 Å². The molecule has 2 saturated carbocycles. The fourth-order valence-corrected chi connectivity index (χ4v) is 9.09. The van der Waals surface area contributed by atoms with E-state index < -0.39 is 16.8 Å². The molecule has 4 rings (SSSR count). The largest absolute Gasteiger partial charge is 0.481 e. The van der Waals surface area contributed by atoms with Gasteiger partial charge < -0.3 is 5.11 Å². The summed E-state index contributed by atoms with van der Waals surface area (Å²) < 4.78 is 0. The summed E-state index contributed by atoms with van der Waals surface area (Å²) in [4.78, 5) is 25.7. The third-order valence-corrected chi connectivity index (χ3v) is 12.2. The van der Waals surface area contributed by atoms with Gasteiger partial charge in [0.15, 0.2) is 5.78 Å². The van der Waals surface area contributed by atoms with E-state index in [0.717, 1.165) is 51.4 Å². The number of rotatable bonds is 1. The van der Waals surface area contributed by atoms with Crippen molar-refractivity contribution in [2.45, 2.75) is 113 Å². The zero-order valence-corrected chi connectivity index (χ0v) is 23.9. The molecule has 4 heteroatoms. The minimum Gasteiger partial charge on any atom is -0.481 e. The van der Waals surface area contributed by atoms with Gasteiger partial charge in [0.1, 0.15) is 6.07 Å². The Bertz CT molecular complexity index is 1070. The molecule has 0 radical (unpaired) electrons. The minimum absolute atomic E-state index is 0.00696. The third-order valence-electron chi connectivity index (χ3n) is 12.2. The maximum Gasteiger partial charge on any atom is 0.309 e. The molecule has 1 N–H and O–H groups in total. The van der Waals surface area contributed by atoms with E-state index in [1.165, 1.54) is 5.57 Å². The van der Waals surface area contributed by atoms with Crippen LogP contribution in [0, 0.1) is 55.7 Å². The number of carbonyl (C=O) groups excluding carboxylic acids is 1. The number of nitriles is 1. The molecule has 0 spiro atoms. The van der Waals surface area contributed by atoms with E-state index in [2.05, 4.69) is 46.8 Å². The summed E-state index contributed by atoms with van der Waals surface area (Å²) in [5.41, 5.74) is 0.290. The molecule has 0 amide bonds. The topological polar surface area (TPSA) is 78.2 Å². The Morgan fingerprint density at radius 3 is 2.19 bits per heavy atom. The van der Waals surface area contributed by atoms with Crippen molar-refractivity contribution in [3.63, 3.8) is 0 Å². The van der Waals surface area contributed by atoms with Crippen molar-refractivity contribution in [3.05, 3.63) is 23.3 Å². The predicted octanol–water partition coefficient (Wildman–Crippen LogP) is 7.89. The molecule has 4 aliphatic carbocycles. The first kappa shape index (κ1) is 27.2. The van der Waals surface area contributed by atoms with Crippen LogP contribution >= 0.6 is 0 Å². The monoisotopic (exact) mass is 493 g/mol. The number of carboxylic acid groups (broad SMARTS) is 1. The quantitative estimate of drug-likeness (QED) is 0.377. The molecule has 36 heavy (non-hydrogen) atoms. The summed E-state index contributed by atoms with van der Waals surface area (Å²) in [6.07, 6.45) is 12.8. The van der Waals surface area contributed by atoms with Crippen LogP contribution in [0.1, 0.15) is 113 Å². The minimum atomic E-state index is -0.722. The number of hydrogen-bond acceptors (Lipinski definition) is 3. The van der Waals surface area contributed by atoms with Gasteiger partial charge in [-0.15, -0.1) is 0 Å². The number of fused-ring (bicyclic) bond motifs is 5. The molecule has 0 aromatic carbocycles. The highest BCUT2D eigenvalue weighted by Gasteiger charge is 2.65. The first-order valence-corrected chi connectivity index (χ1v) is 14.1. The Balaban J connectivity index is 1.85. The summed E-state index contributed by atoms with van der Waals surface area (Å²) in [5.74, 6) is -0.169. The van der Waals surface area contributed by atoms with Gasteiger partial charge in [-0.25, -0.2) is 0 Å². The van der Waals surface area contributed by atoms with Gasteiger partial charge in [0.05, 0.1) is 11.0 Å². The molecule has 0 aromatic heterocycles. The summed E-state index contributed by atoms with van der Waals surface area (Å²) in [6, 6.07) is 2.24. The predicted molar refractivity (Wildman–Crippen MR) is 143 cm³/mol. The molecule has 0 saturated heterocycles. The first-order chi connectivity index (χ1) is 16.5. The average Bonchev–Trinajstić information content (AvgIpc) is 2.79. The van der Waals surface area contributed by atoms with Gasteiger partial charge in [-0.05, 0) is 98.2 Å². The van der Waals surface area contributed by atoms with Gasteiger partial charge in [0.25, 0.3) is 0 Å². The SMILES string of the molecule is CC1(C)CCC2=CC[C@@H]3[C@@]4(C)C=C(C#N)C(=O)C(C)(C)[C@@H]4CC[C@@]3(C)[C@]2(C)CC[C@@](C)(C(=O)O)CC1. The van der Waals surface area contributed by atoms with Crippen molar-refractivity contribution >= 4 is 11.8 Å². The Labute approximate surface area is 218 Å². The van der Waals surface area contributed by atoms with Gasteiger partial charge in [-0.1, -0.05) is 66.2 Å². The Morgan fingerprint density at radius 2 is 1.58 bits per heavy atom. The van der Waals surface area contributed by atoms with Crippen LogP contribution in [0.4, 0.5) is 0 Å². The molecule has 0 unspecified atom stereocenters. The number of hydrogen-bond donors (Lipinski definition) is 1. The molecule has 0 aliphatic heterocycles. The Kier molecular flexibility index (Phi) is 6.26. The van der Waals surface area contributed by atoms with Crippen LogP contribution in [0.15, 0.2) is 23.3 Å². The van der Waals surface area contributed by atoms with E-state index in [1.807, 2.05) is 26.8 Å². The smallest absolute Gasteiger partial charge is 0.309 e. The lowest BCUT2D eigenvalue weighted by Crippen LogP contribution is -2.61. The lowest BCUT2D eigenvalue weighted by atomic mass is 9.37. The van der Waals surface area contributed by atoms with Gasteiger partial charge in [0, 0.05) is 5.41 Å². The van der Waals surface area contributed by atoms with Crippen molar-refractivity contribution in [1.82, 2.24) is 0 Å². The average molecular weight is 494 g/mol. The molecule has 2 fully saturated rings. The highest BCUT2D eigenvalue weighted by atomic mass is 16.4. The highest BCUT2D eigenvalue weighted by Crippen LogP contribution is 2.71. The molecule has 0 bridgehead atoms. The van der Waals surface area contributed by atoms with Crippen molar-refractivity contribution in [3.8, 4) is 6.07 Å². The second-order valence-electron chi connectivity index (χ2n) is 15.0. The standard InChI is InChI=1S/C32H47NO3/c1-27(2)13-11-22-9-10-24-30(6)19-21(20-33)25(34)28(3,4)23(30)12-14-32(24,8)31(22,7)18-17-29(5,16-15-27)26(35)36/h9,19,23-24H,10-18H2,1-8H3,(H,35,36)/t23-,24+,29-,30-,31+,32+/m0/s1. The van der Waals surface area contributed by atoms with Crippen molar-refractivity contribution in [2.75, 3.05) is 0 Å². The van der Waals surface area contributed by atoms with Gasteiger partial charge in [-0.3, -0.25) is 9.59 Å². The third kappa shape index (κ3) is 3.74. The molecule has 0 heterocycles. The van der Waals surface area contributed by atoms with Crippen LogP contribution in [0.2, 0.25) is 0 Å². The van der Waals surface area contributed by atoms with E-state index in [-0.39, 0.29) is 33.4 Å². The van der Waals surface area contributed by atoms with Crippen LogP contribution in [-0.4, -0.2) is 16.9 Å². The molecule has 0 aromatic rings. The maximum atomic E-state index is 13.2. The molecule has 6 atom stereocenters. The zero-order chi connectivity index (χ0) is 26.9. The van der Waals surface area contributed by atoms with Crippen molar-refractivity contribution in [1.29, 1.82) is 5.26 Å². The number of carboxylic acids is 1. The lowest BCUT2D eigenvalue weighted by molar-refractivity contribution is -0.156. The summed E-state index contributed by atoms with van der Waals surface area (Å²) >= 11 is 0. The van der Waals surface area contributed by atoms with E-state index in [1.54, 1.807) is 0 Å². The second-order valence-corrected chi connectivity index (χ2v) is 15.0. The normalized spacial score (nSPS) is 44.0. The van der Waals surface area contributed by atoms with E-state index in [4.69, 9.17) is 0 Å². The molecular weight excluding hydrogens is 446 g/mol. The van der Waals surface area contributed by atoms with Crippen molar-refractivity contribution in [2.24, 2.45) is 44.3 Å². The Hall–Kier alpha value is -1.89. The number of aliphatic carboxylic acids is 1. The summed E-state index contributed by atoms with van der Waals surface area (Å²) in [7, 11) is 0. The highest BCUT2D eigenvalue weighted by molar-refractivity contribution is 6.04. The number of carbonyl (C=O) groups is 2. The molecule has 198 valence electrons. The van der Waals surface area contributed by atoms with E-state index >= 15 is 0 Å². The maximum absolute atomic E-state index is 13.2. The van der Waals surface area contributed by atoms with Crippen molar-refractivity contribution < 1.29 is 14.7 Å². The van der Waals surface area contributed by atoms with Gasteiger partial charge in [-0.2, -0.15) is 5.26 Å². The van der Waals surface area contributed by atoms with Gasteiger partial charge in [0.2, 0.25) is 0 Å². The van der Waals surface area contributed by atoms with Crippen LogP contribution in [0.5, 0.6) is 0 Å². The molecular formula is C32H47NO3. The first-order valence-electron chi connectivity index (χ1n) is 14.1. The summed E-state index contributed by atoms with van der Waals surface area (Å²) in [6.45, 7) is 17.8. The fraction of sp³-hybridized carbons (Fsp3) is 0.781. The zero-order valence-electron chi connectivity index (χ0n) is 23.9. The fourth-order valence-electron chi connectivity index (χ4n) is 9.09. The molecule has 4 nitrogen and oxygen atoms in total. The summed E-state index contributed by atoms with van der Waals surface area (Å²) in [5, 5.41) is 20.1. The van der Waals surface area contributed by atoms with Crippen LogP contribution in [0.25, 0.3) is 0 Å². The number of Topliss-reactive ketones (excluding diaryl/α,β-unsaturated/α-hetero) is 1. The number of ketones is 1. The molecule has 4 aliphatic rings. The van der Waals surface area contributed by atoms with E-state index in [9.17, 15) is 20.0 Å². The number of allylic oxidation sites excluding steroid dienone is 4. The second kappa shape index (κ2) is 8.31. The van der Waals surface area contributed by atoms with Crippen LogP contribution < -0.4 is 0 Å². The van der Waals surface area contributed by atoms with Crippen LogP contribution in [-0.2, 0) is 9.59 Å². The lowest BCUT2D eigenvalue weighted by Gasteiger charge is -2.67.